The molecule has 4 rings (SSSR count). The molecule has 3 nitrogen and oxygen atoms in total. The SMILES string of the molecule is O=C1/C(=N/O)Cc2cc3sc4ccccc4c3cc21. The van der Waals surface area contributed by atoms with Gasteiger partial charge in [0.15, 0.2) is 0 Å². The number of oxime groups is 1. The first-order valence-electron chi connectivity index (χ1n) is 5.98. The minimum Gasteiger partial charge on any atom is -0.411 e. The summed E-state index contributed by atoms with van der Waals surface area (Å²) >= 11 is 1.72. The van der Waals surface area contributed by atoms with Crippen LogP contribution in [0.25, 0.3) is 20.2 Å². The molecule has 4 heteroatoms. The minimum atomic E-state index is -0.158. The van der Waals surface area contributed by atoms with Gasteiger partial charge in [0, 0.05) is 32.2 Å². The van der Waals surface area contributed by atoms with Crippen molar-refractivity contribution in [3.05, 3.63) is 47.5 Å². The molecule has 0 unspecified atom stereocenters. The molecule has 1 N–H and O–H groups in total. The smallest absolute Gasteiger partial charge is 0.211 e. The van der Waals surface area contributed by atoms with Crippen molar-refractivity contribution in [2.45, 2.75) is 6.42 Å². The third-order valence-corrected chi connectivity index (χ3v) is 4.72. The van der Waals surface area contributed by atoms with Crippen LogP contribution in [0.15, 0.2) is 41.6 Å². The summed E-state index contributed by atoms with van der Waals surface area (Å²) in [5.41, 5.74) is 1.86. The topological polar surface area (TPSA) is 49.7 Å². The number of hydrogen-bond acceptors (Lipinski definition) is 4. The van der Waals surface area contributed by atoms with Crippen LogP contribution in [0.1, 0.15) is 15.9 Å². The Labute approximate surface area is 112 Å². The second kappa shape index (κ2) is 3.65. The highest BCUT2D eigenvalue weighted by Crippen LogP contribution is 2.37. The average Bonchev–Trinajstić information content (AvgIpc) is 2.94. The number of ketones is 1. The molecule has 0 saturated heterocycles. The summed E-state index contributed by atoms with van der Waals surface area (Å²) in [7, 11) is 0. The number of carbonyl (C=O) groups excluding carboxylic acids is 1. The van der Waals surface area contributed by atoms with Gasteiger partial charge in [-0.3, -0.25) is 4.79 Å². The molecule has 0 atom stereocenters. The van der Waals surface area contributed by atoms with Gasteiger partial charge in [0.2, 0.25) is 5.78 Å². The average molecular weight is 267 g/mol. The molecule has 0 fully saturated rings. The number of nitrogens with zero attached hydrogens (tertiary/aromatic N) is 1. The van der Waals surface area contributed by atoms with Crippen molar-refractivity contribution in [3.63, 3.8) is 0 Å². The van der Waals surface area contributed by atoms with E-state index in [9.17, 15) is 4.79 Å². The van der Waals surface area contributed by atoms with Crippen LogP contribution >= 0.6 is 11.3 Å². The van der Waals surface area contributed by atoms with Crippen LogP contribution in [0.5, 0.6) is 0 Å². The van der Waals surface area contributed by atoms with E-state index in [4.69, 9.17) is 5.21 Å². The van der Waals surface area contributed by atoms with E-state index >= 15 is 0 Å². The van der Waals surface area contributed by atoms with Crippen LogP contribution in [0.3, 0.4) is 0 Å². The lowest BCUT2D eigenvalue weighted by Gasteiger charge is -1.97. The van der Waals surface area contributed by atoms with Gasteiger partial charge >= 0.3 is 0 Å². The van der Waals surface area contributed by atoms with Gasteiger partial charge in [-0.05, 0) is 23.8 Å². The number of Topliss-reactive ketones (excluding diaryl/α,β-unsaturated/α-hetero) is 1. The van der Waals surface area contributed by atoms with Gasteiger partial charge in [-0.1, -0.05) is 23.4 Å². The maximum Gasteiger partial charge on any atom is 0.211 e. The molecule has 2 aromatic carbocycles. The van der Waals surface area contributed by atoms with Crippen molar-refractivity contribution in [1.82, 2.24) is 0 Å². The van der Waals surface area contributed by atoms with Gasteiger partial charge in [0.05, 0.1) is 0 Å². The predicted octanol–water partition coefficient (Wildman–Crippen LogP) is 3.62. The normalized spacial score (nSPS) is 16.6. The number of rotatable bonds is 0. The van der Waals surface area contributed by atoms with Gasteiger partial charge in [-0.25, -0.2) is 0 Å². The van der Waals surface area contributed by atoms with E-state index in [0.29, 0.717) is 12.0 Å². The molecule has 0 aliphatic heterocycles. The van der Waals surface area contributed by atoms with Crippen molar-refractivity contribution in [2.75, 3.05) is 0 Å². The van der Waals surface area contributed by atoms with Crippen LogP contribution in [0.2, 0.25) is 0 Å². The second-order valence-corrected chi connectivity index (χ2v) is 5.74. The summed E-state index contributed by atoms with van der Waals surface area (Å²) in [6.45, 7) is 0. The van der Waals surface area contributed by atoms with Gasteiger partial charge in [-0.15, -0.1) is 11.3 Å². The van der Waals surface area contributed by atoms with Crippen LogP contribution in [0.4, 0.5) is 0 Å². The Morgan fingerprint density at radius 2 is 1.95 bits per heavy atom. The van der Waals surface area contributed by atoms with E-state index < -0.39 is 0 Å². The molecule has 1 aliphatic rings. The third-order valence-electron chi connectivity index (χ3n) is 3.59. The van der Waals surface area contributed by atoms with Gasteiger partial charge in [0.25, 0.3) is 0 Å². The molecular formula is C15H9NO2S. The summed E-state index contributed by atoms with van der Waals surface area (Å²) in [6, 6.07) is 12.2. The first kappa shape index (κ1) is 10.7. The summed E-state index contributed by atoms with van der Waals surface area (Å²) < 4.78 is 2.40. The van der Waals surface area contributed by atoms with Gasteiger partial charge in [0.1, 0.15) is 5.71 Å². The number of carbonyl (C=O) groups is 1. The van der Waals surface area contributed by atoms with Crippen molar-refractivity contribution in [1.29, 1.82) is 0 Å². The lowest BCUT2D eigenvalue weighted by molar-refractivity contribution is 0.106. The first-order chi connectivity index (χ1) is 9.28. The number of hydrogen-bond donors (Lipinski definition) is 1. The molecule has 19 heavy (non-hydrogen) atoms. The zero-order valence-electron chi connectivity index (χ0n) is 9.88. The Balaban J connectivity index is 2.09. The number of fused-ring (bicyclic) bond motifs is 4. The molecular weight excluding hydrogens is 258 g/mol. The Hall–Kier alpha value is -2.20. The lowest BCUT2D eigenvalue weighted by atomic mass is 10.1. The number of thiophene rings is 1. The summed E-state index contributed by atoms with van der Waals surface area (Å²) in [5, 5.41) is 14.2. The van der Waals surface area contributed by atoms with Crippen LogP contribution < -0.4 is 0 Å². The first-order valence-corrected chi connectivity index (χ1v) is 6.79. The van der Waals surface area contributed by atoms with Crippen LogP contribution in [-0.2, 0) is 6.42 Å². The third kappa shape index (κ3) is 1.37. The Morgan fingerprint density at radius 1 is 1.11 bits per heavy atom. The maximum atomic E-state index is 12.0. The van der Waals surface area contributed by atoms with Crippen molar-refractivity contribution in [3.8, 4) is 0 Å². The van der Waals surface area contributed by atoms with Crippen molar-refractivity contribution >= 4 is 43.0 Å². The van der Waals surface area contributed by atoms with E-state index in [2.05, 4.69) is 17.3 Å². The fraction of sp³-hybridized carbons (Fsp3) is 0.0667. The molecule has 0 amide bonds. The quantitative estimate of drug-likeness (QED) is 0.499. The molecule has 1 aliphatic carbocycles. The Bertz CT molecular complexity index is 876. The fourth-order valence-electron chi connectivity index (χ4n) is 2.67. The molecule has 1 aromatic heterocycles. The monoisotopic (exact) mass is 267 g/mol. The zero-order chi connectivity index (χ0) is 13.0. The van der Waals surface area contributed by atoms with E-state index in [1.807, 2.05) is 24.3 Å². The molecule has 92 valence electrons. The Morgan fingerprint density at radius 3 is 2.79 bits per heavy atom. The fourth-order valence-corrected chi connectivity index (χ4v) is 3.82. The highest BCUT2D eigenvalue weighted by atomic mass is 32.1. The van der Waals surface area contributed by atoms with Gasteiger partial charge < -0.3 is 5.21 Å². The molecule has 0 bridgehead atoms. The van der Waals surface area contributed by atoms with E-state index in [-0.39, 0.29) is 11.5 Å². The lowest BCUT2D eigenvalue weighted by Crippen LogP contribution is -2.06. The Kier molecular flexibility index (Phi) is 2.05. The summed E-state index contributed by atoms with van der Waals surface area (Å²) in [5.74, 6) is -0.158. The maximum absolute atomic E-state index is 12.0. The molecule has 0 saturated carbocycles. The summed E-state index contributed by atoms with van der Waals surface area (Å²) in [4.78, 5) is 12.0. The minimum absolute atomic E-state index is 0.158. The largest absolute Gasteiger partial charge is 0.411 e. The molecule has 0 spiro atoms. The number of benzene rings is 2. The van der Waals surface area contributed by atoms with Crippen LogP contribution in [0, 0.1) is 0 Å². The van der Waals surface area contributed by atoms with Crippen LogP contribution in [-0.4, -0.2) is 16.7 Å². The second-order valence-electron chi connectivity index (χ2n) is 4.66. The highest BCUT2D eigenvalue weighted by molar-refractivity contribution is 7.25. The predicted molar refractivity (Wildman–Crippen MR) is 76.6 cm³/mol. The molecule has 1 heterocycles. The van der Waals surface area contributed by atoms with Crippen molar-refractivity contribution in [2.24, 2.45) is 5.16 Å². The molecule has 3 aromatic rings. The van der Waals surface area contributed by atoms with E-state index in [1.165, 1.54) is 14.8 Å². The van der Waals surface area contributed by atoms with E-state index in [0.717, 1.165) is 10.9 Å². The standard InChI is InChI=1S/C15H9NO2S/c17-15-10-7-11-9-3-1-2-4-13(9)19-14(11)6-8(10)5-12(15)16-18/h1-4,6-7,18H,5H2/b16-12+. The van der Waals surface area contributed by atoms with Crippen molar-refractivity contribution < 1.29 is 10.0 Å². The van der Waals surface area contributed by atoms with Gasteiger partial charge in [-0.2, -0.15) is 0 Å². The zero-order valence-corrected chi connectivity index (χ0v) is 10.7. The summed E-state index contributed by atoms with van der Waals surface area (Å²) in [6.07, 6.45) is 0.425. The van der Waals surface area contributed by atoms with E-state index in [1.54, 1.807) is 11.3 Å². The highest BCUT2D eigenvalue weighted by Gasteiger charge is 2.27. The molecule has 0 radical (unpaired) electrons.